The molecule has 0 spiro atoms. The summed E-state index contributed by atoms with van der Waals surface area (Å²) < 4.78 is 0. The third-order valence-electron chi connectivity index (χ3n) is 2.69. The smallest absolute Gasteiger partial charge is 0.227 e. The first kappa shape index (κ1) is 11.1. The van der Waals surface area contributed by atoms with E-state index < -0.39 is 0 Å². The number of nitrogens with zero attached hydrogens (tertiary/aromatic N) is 4. The molecule has 1 aromatic heterocycles. The molecule has 0 aromatic carbocycles. The van der Waals surface area contributed by atoms with E-state index in [0.29, 0.717) is 0 Å². The second kappa shape index (κ2) is 4.65. The van der Waals surface area contributed by atoms with Crippen LogP contribution in [0.5, 0.6) is 0 Å². The lowest BCUT2D eigenvalue weighted by atomic mass is 10.3. The van der Waals surface area contributed by atoms with E-state index in [2.05, 4.69) is 20.2 Å². The fourth-order valence-corrected chi connectivity index (χ4v) is 1.77. The number of nitrogens with one attached hydrogen (secondary N) is 1. The highest BCUT2D eigenvalue weighted by Crippen LogP contribution is 2.15. The highest BCUT2D eigenvalue weighted by Gasteiger charge is 2.14. The summed E-state index contributed by atoms with van der Waals surface area (Å²) in [5, 5.41) is 3.33. The molecular formula is C11H19N5. The zero-order valence-corrected chi connectivity index (χ0v) is 10.2. The summed E-state index contributed by atoms with van der Waals surface area (Å²) in [6, 6.07) is 2.01. The maximum absolute atomic E-state index is 4.57. The van der Waals surface area contributed by atoms with Crippen molar-refractivity contribution in [3.63, 3.8) is 0 Å². The Hall–Kier alpha value is -1.36. The lowest BCUT2D eigenvalue weighted by molar-refractivity contribution is 0.579. The first-order valence-corrected chi connectivity index (χ1v) is 5.65. The van der Waals surface area contributed by atoms with Crippen LogP contribution in [0.25, 0.3) is 0 Å². The summed E-state index contributed by atoms with van der Waals surface area (Å²) in [5.41, 5.74) is 1.02. The van der Waals surface area contributed by atoms with Gasteiger partial charge in [-0.15, -0.1) is 0 Å². The van der Waals surface area contributed by atoms with E-state index in [0.717, 1.165) is 43.6 Å². The average molecular weight is 221 g/mol. The van der Waals surface area contributed by atoms with E-state index in [1.807, 2.05) is 32.0 Å². The summed E-state index contributed by atoms with van der Waals surface area (Å²) in [5.74, 6) is 1.83. The van der Waals surface area contributed by atoms with Gasteiger partial charge in [-0.2, -0.15) is 4.98 Å². The number of hydrogen-bond donors (Lipinski definition) is 1. The topological polar surface area (TPSA) is 44.3 Å². The van der Waals surface area contributed by atoms with Crippen molar-refractivity contribution < 1.29 is 0 Å². The fourth-order valence-electron chi connectivity index (χ4n) is 1.77. The Morgan fingerprint density at radius 1 is 1.25 bits per heavy atom. The zero-order valence-electron chi connectivity index (χ0n) is 10.2. The van der Waals surface area contributed by atoms with Crippen LogP contribution in [0.15, 0.2) is 6.07 Å². The van der Waals surface area contributed by atoms with Crippen molar-refractivity contribution in [1.82, 2.24) is 15.3 Å². The van der Waals surface area contributed by atoms with Crippen molar-refractivity contribution in [2.75, 3.05) is 50.1 Å². The maximum atomic E-state index is 4.57. The van der Waals surface area contributed by atoms with Gasteiger partial charge in [0.1, 0.15) is 5.82 Å². The molecule has 0 amide bonds. The fraction of sp³-hybridized carbons (Fsp3) is 0.636. The van der Waals surface area contributed by atoms with Gasteiger partial charge in [-0.05, 0) is 6.92 Å². The molecule has 0 aliphatic carbocycles. The molecule has 2 heterocycles. The lowest BCUT2D eigenvalue weighted by Crippen LogP contribution is -2.44. The van der Waals surface area contributed by atoms with Gasteiger partial charge in [0, 0.05) is 52.0 Å². The SMILES string of the molecule is Cc1cc(N(C)C)nc(N2CCNCC2)n1. The van der Waals surface area contributed by atoms with Gasteiger partial charge < -0.3 is 15.1 Å². The lowest BCUT2D eigenvalue weighted by Gasteiger charge is -2.28. The molecular weight excluding hydrogens is 202 g/mol. The van der Waals surface area contributed by atoms with E-state index in [4.69, 9.17) is 0 Å². The summed E-state index contributed by atoms with van der Waals surface area (Å²) >= 11 is 0. The van der Waals surface area contributed by atoms with Crippen LogP contribution in [0.3, 0.4) is 0 Å². The average Bonchev–Trinajstić information content (AvgIpc) is 2.29. The molecule has 5 nitrogen and oxygen atoms in total. The predicted molar refractivity (Wildman–Crippen MR) is 66.2 cm³/mol. The number of anilines is 2. The first-order chi connectivity index (χ1) is 7.66. The largest absolute Gasteiger partial charge is 0.363 e. The molecule has 88 valence electrons. The van der Waals surface area contributed by atoms with Crippen LogP contribution in [-0.4, -0.2) is 50.2 Å². The monoisotopic (exact) mass is 221 g/mol. The molecule has 0 radical (unpaired) electrons. The van der Waals surface area contributed by atoms with E-state index in [1.54, 1.807) is 0 Å². The molecule has 1 aliphatic heterocycles. The molecule has 1 fully saturated rings. The standard InChI is InChI=1S/C11H19N5/c1-9-8-10(15(2)3)14-11(13-9)16-6-4-12-5-7-16/h8,12H,4-7H2,1-3H3. The zero-order chi connectivity index (χ0) is 11.5. The van der Waals surface area contributed by atoms with Crippen molar-refractivity contribution in [3.8, 4) is 0 Å². The van der Waals surface area contributed by atoms with E-state index >= 15 is 0 Å². The Bertz CT molecular complexity index is 357. The van der Waals surface area contributed by atoms with Gasteiger partial charge in [-0.1, -0.05) is 0 Å². The summed E-state index contributed by atoms with van der Waals surface area (Å²) in [6.45, 7) is 6.00. The van der Waals surface area contributed by atoms with E-state index in [1.165, 1.54) is 0 Å². The minimum Gasteiger partial charge on any atom is -0.363 e. The number of aromatic nitrogens is 2. The van der Waals surface area contributed by atoms with Gasteiger partial charge in [-0.3, -0.25) is 0 Å². The molecule has 0 saturated carbocycles. The molecule has 1 saturated heterocycles. The van der Waals surface area contributed by atoms with Crippen LogP contribution in [0, 0.1) is 6.92 Å². The van der Waals surface area contributed by atoms with E-state index in [-0.39, 0.29) is 0 Å². The van der Waals surface area contributed by atoms with Gasteiger partial charge in [0.25, 0.3) is 0 Å². The van der Waals surface area contributed by atoms with Gasteiger partial charge in [-0.25, -0.2) is 4.98 Å². The summed E-state index contributed by atoms with van der Waals surface area (Å²) in [7, 11) is 4.01. The van der Waals surface area contributed by atoms with Crippen molar-refractivity contribution in [2.24, 2.45) is 0 Å². The van der Waals surface area contributed by atoms with Crippen LogP contribution in [0.1, 0.15) is 5.69 Å². The quantitative estimate of drug-likeness (QED) is 0.776. The number of hydrogen-bond acceptors (Lipinski definition) is 5. The Kier molecular flexibility index (Phi) is 3.24. The Morgan fingerprint density at radius 3 is 2.56 bits per heavy atom. The minimum absolute atomic E-state index is 0.852. The van der Waals surface area contributed by atoms with Gasteiger partial charge in [0.05, 0.1) is 0 Å². The van der Waals surface area contributed by atoms with Crippen molar-refractivity contribution >= 4 is 11.8 Å². The van der Waals surface area contributed by atoms with Crippen molar-refractivity contribution in [1.29, 1.82) is 0 Å². The molecule has 1 aliphatic rings. The van der Waals surface area contributed by atoms with Gasteiger partial charge >= 0.3 is 0 Å². The number of piperazine rings is 1. The van der Waals surface area contributed by atoms with Crippen LogP contribution in [0.2, 0.25) is 0 Å². The third-order valence-corrected chi connectivity index (χ3v) is 2.69. The highest BCUT2D eigenvalue weighted by molar-refractivity contribution is 5.44. The van der Waals surface area contributed by atoms with Crippen LogP contribution in [0.4, 0.5) is 11.8 Å². The molecule has 1 N–H and O–H groups in total. The van der Waals surface area contributed by atoms with Crippen molar-refractivity contribution in [2.45, 2.75) is 6.92 Å². The Morgan fingerprint density at radius 2 is 1.94 bits per heavy atom. The van der Waals surface area contributed by atoms with Gasteiger partial charge in [0.15, 0.2) is 0 Å². The number of rotatable bonds is 2. The van der Waals surface area contributed by atoms with Crippen LogP contribution in [-0.2, 0) is 0 Å². The maximum Gasteiger partial charge on any atom is 0.227 e. The molecule has 2 rings (SSSR count). The Balaban J connectivity index is 2.25. The molecule has 16 heavy (non-hydrogen) atoms. The molecule has 1 aromatic rings. The third kappa shape index (κ3) is 2.41. The van der Waals surface area contributed by atoms with Crippen LogP contribution < -0.4 is 15.1 Å². The summed E-state index contributed by atoms with van der Waals surface area (Å²) in [6.07, 6.45) is 0. The Labute approximate surface area is 96.5 Å². The predicted octanol–water partition coefficient (Wildman–Crippen LogP) is 0.261. The van der Waals surface area contributed by atoms with E-state index in [9.17, 15) is 0 Å². The normalized spacial score (nSPS) is 16.3. The molecule has 0 unspecified atom stereocenters. The second-order valence-corrected chi connectivity index (χ2v) is 4.30. The first-order valence-electron chi connectivity index (χ1n) is 5.65. The number of aryl methyl sites for hydroxylation is 1. The highest BCUT2D eigenvalue weighted by atomic mass is 15.3. The van der Waals surface area contributed by atoms with Gasteiger partial charge in [0.2, 0.25) is 5.95 Å². The second-order valence-electron chi connectivity index (χ2n) is 4.30. The molecule has 0 bridgehead atoms. The molecule has 0 atom stereocenters. The minimum atomic E-state index is 0.852. The van der Waals surface area contributed by atoms with Crippen molar-refractivity contribution in [3.05, 3.63) is 11.8 Å². The molecule has 5 heteroatoms. The summed E-state index contributed by atoms with van der Waals surface area (Å²) in [4.78, 5) is 13.3. The van der Waals surface area contributed by atoms with Crippen LogP contribution >= 0.6 is 0 Å².